The highest BCUT2D eigenvalue weighted by molar-refractivity contribution is 5.30. The molecule has 0 aromatic carbocycles. The second-order valence-electron chi connectivity index (χ2n) is 6.22. The van der Waals surface area contributed by atoms with Gasteiger partial charge in [0.05, 0.1) is 0 Å². The van der Waals surface area contributed by atoms with E-state index in [1.807, 2.05) is 0 Å². The van der Waals surface area contributed by atoms with E-state index < -0.39 is 0 Å². The van der Waals surface area contributed by atoms with Crippen LogP contribution in [-0.2, 0) is 6.54 Å². The summed E-state index contributed by atoms with van der Waals surface area (Å²) in [5.41, 5.74) is 6.10. The van der Waals surface area contributed by atoms with Crippen LogP contribution >= 0.6 is 0 Å². The molecule has 5 nitrogen and oxygen atoms in total. The minimum Gasteiger partial charge on any atom is -0.365 e. The van der Waals surface area contributed by atoms with Crippen LogP contribution in [0.15, 0.2) is 17.2 Å². The van der Waals surface area contributed by atoms with Gasteiger partial charge in [-0.25, -0.2) is 4.98 Å². The maximum absolute atomic E-state index is 12.3. The predicted octanol–water partition coefficient (Wildman–Crippen LogP) is 1.83. The topological polar surface area (TPSA) is 72.9 Å². The van der Waals surface area contributed by atoms with Gasteiger partial charge in [-0.15, -0.1) is 0 Å². The lowest BCUT2D eigenvalue weighted by Gasteiger charge is -2.28. The summed E-state index contributed by atoms with van der Waals surface area (Å²) in [6.45, 7) is 5.66. The van der Waals surface area contributed by atoms with Crippen molar-refractivity contribution < 1.29 is 0 Å². The van der Waals surface area contributed by atoms with Gasteiger partial charge in [-0.1, -0.05) is 26.7 Å². The number of nitrogens with one attached hydrogen (secondary N) is 1. The molecule has 0 saturated heterocycles. The first-order valence-electron chi connectivity index (χ1n) is 7.63. The van der Waals surface area contributed by atoms with E-state index in [0.717, 1.165) is 25.9 Å². The van der Waals surface area contributed by atoms with Gasteiger partial charge < -0.3 is 15.6 Å². The highest BCUT2D eigenvalue weighted by Gasteiger charge is 2.21. The van der Waals surface area contributed by atoms with E-state index in [0.29, 0.717) is 17.7 Å². The molecule has 0 bridgehead atoms. The lowest BCUT2D eigenvalue weighted by atomic mass is 9.85. The molecule has 5 heteroatoms. The van der Waals surface area contributed by atoms with Crippen LogP contribution < -0.4 is 16.6 Å². The van der Waals surface area contributed by atoms with E-state index in [4.69, 9.17) is 5.73 Å². The molecule has 1 aliphatic rings. The van der Waals surface area contributed by atoms with Crippen molar-refractivity contribution >= 4 is 5.82 Å². The van der Waals surface area contributed by atoms with Crippen molar-refractivity contribution in [1.82, 2.24) is 9.55 Å². The first-order valence-corrected chi connectivity index (χ1v) is 7.63. The van der Waals surface area contributed by atoms with Gasteiger partial charge in [0.15, 0.2) is 5.82 Å². The fraction of sp³-hybridized carbons (Fsp3) is 0.733. The molecule has 1 heterocycles. The first kappa shape index (κ1) is 15.0. The summed E-state index contributed by atoms with van der Waals surface area (Å²) in [6.07, 6.45) is 8.13. The average Bonchev–Trinajstić information content (AvgIpc) is 2.41. The van der Waals surface area contributed by atoms with E-state index in [-0.39, 0.29) is 11.6 Å². The third kappa shape index (κ3) is 3.82. The summed E-state index contributed by atoms with van der Waals surface area (Å²) in [5, 5.41) is 3.20. The lowest BCUT2D eigenvalue weighted by molar-refractivity contribution is 0.321. The zero-order chi connectivity index (χ0) is 14.5. The van der Waals surface area contributed by atoms with Crippen molar-refractivity contribution in [3.8, 4) is 0 Å². The van der Waals surface area contributed by atoms with Crippen LogP contribution in [0, 0.1) is 11.8 Å². The second-order valence-corrected chi connectivity index (χ2v) is 6.22. The fourth-order valence-corrected chi connectivity index (χ4v) is 2.82. The molecule has 1 aromatic heterocycles. The van der Waals surface area contributed by atoms with Crippen LogP contribution in [-0.4, -0.2) is 22.1 Å². The van der Waals surface area contributed by atoms with E-state index in [1.54, 1.807) is 17.0 Å². The van der Waals surface area contributed by atoms with E-state index in [1.165, 1.54) is 12.8 Å². The molecule has 1 fully saturated rings. The summed E-state index contributed by atoms with van der Waals surface area (Å²) in [5.74, 6) is 1.34. The molecule has 20 heavy (non-hydrogen) atoms. The SMILES string of the molecule is CC(C)Cn1ccnc(NCC2CCCCC2N)c1=O. The van der Waals surface area contributed by atoms with Crippen LogP contribution in [0.25, 0.3) is 0 Å². The third-order valence-corrected chi connectivity index (χ3v) is 3.98. The number of nitrogens with zero attached hydrogens (tertiary/aromatic N) is 2. The minimum absolute atomic E-state index is 0.0365. The maximum atomic E-state index is 12.3. The van der Waals surface area contributed by atoms with Gasteiger partial charge >= 0.3 is 0 Å². The summed E-state index contributed by atoms with van der Waals surface area (Å²) >= 11 is 0. The summed E-state index contributed by atoms with van der Waals surface area (Å²) in [4.78, 5) is 16.4. The molecule has 112 valence electrons. The number of nitrogens with two attached hydrogens (primary N) is 1. The van der Waals surface area contributed by atoms with Crippen LogP contribution in [0.2, 0.25) is 0 Å². The standard InChI is InChI=1S/C15H26N4O/c1-11(2)10-19-8-7-17-14(15(19)20)18-9-12-5-3-4-6-13(12)16/h7-8,11-13H,3-6,9-10,16H2,1-2H3,(H,17,18). The number of rotatable bonds is 5. The van der Waals surface area contributed by atoms with E-state index in [9.17, 15) is 4.79 Å². The molecule has 1 aromatic rings. The Morgan fingerprint density at radius 2 is 2.20 bits per heavy atom. The molecule has 1 aliphatic carbocycles. The summed E-state index contributed by atoms with van der Waals surface area (Å²) < 4.78 is 1.72. The Morgan fingerprint density at radius 1 is 1.45 bits per heavy atom. The average molecular weight is 278 g/mol. The molecule has 2 unspecified atom stereocenters. The van der Waals surface area contributed by atoms with Crippen LogP contribution in [0.3, 0.4) is 0 Å². The van der Waals surface area contributed by atoms with Crippen molar-refractivity contribution in [1.29, 1.82) is 0 Å². The number of hydrogen-bond acceptors (Lipinski definition) is 4. The molecule has 1 saturated carbocycles. The van der Waals surface area contributed by atoms with Crippen molar-refractivity contribution in [3.63, 3.8) is 0 Å². The lowest BCUT2D eigenvalue weighted by Crippen LogP contribution is -2.38. The Labute approximate surface area is 120 Å². The molecule has 0 spiro atoms. The molecule has 2 atom stereocenters. The first-order chi connectivity index (χ1) is 9.58. The highest BCUT2D eigenvalue weighted by atomic mass is 16.1. The quantitative estimate of drug-likeness (QED) is 0.862. The predicted molar refractivity (Wildman–Crippen MR) is 81.8 cm³/mol. The largest absolute Gasteiger partial charge is 0.365 e. The van der Waals surface area contributed by atoms with E-state index >= 15 is 0 Å². The number of aromatic nitrogens is 2. The van der Waals surface area contributed by atoms with Crippen molar-refractivity contribution in [3.05, 3.63) is 22.7 Å². The fourth-order valence-electron chi connectivity index (χ4n) is 2.82. The number of hydrogen-bond donors (Lipinski definition) is 2. The number of anilines is 1. The zero-order valence-electron chi connectivity index (χ0n) is 12.5. The van der Waals surface area contributed by atoms with Gasteiger partial charge in [0.1, 0.15) is 0 Å². The Morgan fingerprint density at radius 3 is 2.90 bits per heavy atom. The van der Waals surface area contributed by atoms with Crippen molar-refractivity contribution in [2.75, 3.05) is 11.9 Å². The van der Waals surface area contributed by atoms with Gasteiger partial charge in [0.2, 0.25) is 0 Å². The Hall–Kier alpha value is -1.36. The highest BCUT2D eigenvalue weighted by Crippen LogP contribution is 2.22. The van der Waals surface area contributed by atoms with Crippen LogP contribution in [0.5, 0.6) is 0 Å². The summed E-state index contributed by atoms with van der Waals surface area (Å²) in [6, 6.07) is 0.248. The molecule has 0 aliphatic heterocycles. The van der Waals surface area contributed by atoms with Gasteiger partial charge in [-0.05, 0) is 24.7 Å². The monoisotopic (exact) mass is 278 g/mol. The zero-order valence-corrected chi connectivity index (χ0v) is 12.5. The van der Waals surface area contributed by atoms with Crippen molar-refractivity contribution in [2.24, 2.45) is 17.6 Å². The Balaban J connectivity index is 2.00. The Kier molecular flexibility index (Phi) is 5.17. The van der Waals surface area contributed by atoms with Gasteiger partial charge in [-0.2, -0.15) is 0 Å². The molecular weight excluding hydrogens is 252 g/mol. The van der Waals surface area contributed by atoms with Gasteiger partial charge in [0, 0.05) is 31.5 Å². The van der Waals surface area contributed by atoms with Gasteiger partial charge in [-0.3, -0.25) is 4.79 Å². The molecule has 0 radical (unpaired) electrons. The second kappa shape index (κ2) is 6.88. The van der Waals surface area contributed by atoms with Crippen LogP contribution in [0.1, 0.15) is 39.5 Å². The van der Waals surface area contributed by atoms with E-state index in [2.05, 4.69) is 24.1 Å². The summed E-state index contributed by atoms with van der Waals surface area (Å²) in [7, 11) is 0. The van der Waals surface area contributed by atoms with Crippen LogP contribution in [0.4, 0.5) is 5.82 Å². The Bertz CT molecular complexity index is 483. The molecule has 0 amide bonds. The van der Waals surface area contributed by atoms with Gasteiger partial charge in [0.25, 0.3) is 5.56 Å². The third-order valence-electron chi connectivity index (χ3n) is 3.98. The minimum atomic E-state index is -0.0365. The maximum Gasteiger partial charge on any atom is 0.293 e. The smallest absolute Gasteiger partial charge is 0.293 e. The molecular formula is C15H26N4O. The molecule has 3 N–H and O–H groups in total. The van der Waals surface area contributed by atoms with Crippen molar-refractivity contribution in [2.45, 2.75) is 52.1 Å². The normalized spacial score (nSPS) is 23.0. The molecule has 2 rings (SSSR count).